The summed E-state index contributed by atoms with van der Waals surface area (Å²) >= 11 is 0. The molecule has 0 radical (unpaired) electrons. The average molecular weight is 350 g/mol. The van der Waals surface area contributed by atoms with Crippen LogP contribution < -0.4 is 10.0 Å². The van der Waals surface area contributed by atoms with E-state index in [0.717, 1.165) is 13.0 Å². The Labute approximate surface area is 138 Å². The number of benzene rings is 1. The summed E-state index contributed by atoms with van der Waals surface area (Å²) in [5.74, 6) is -0.225. The molecule has 2 N–H and O–H groups in total. The molecule has 22 heavy (non-hydrogen) atoms. The van der Waals surface area contributed by atoms with Gasteiger partial charge in [-0.15, -0.1) is 12.4 Å². The molecule has 0 aliphatic heterocycles. The van der Waals surface area contributed by atoms with Crippen molar-refractivity contribution in [3.05, 3.63) is 29.8 Å². The zero-order chi connectivity index (χ0) is 15.9. The van der Waals surface area contributed by atoms with Crippen molar-refractivity contribution in [3.63, 3.8) is 0 Å². The summed E-state index contributed by atoms with van der Waals surface area (Å²) in [4.78, 5) is 13.4. The van der Waals surface area contributed by atoms with Crippen molar-refractivity contribution in [2.24, 2.45) is 0 Å². The van der Waals surface area contributed by atoms with E-state index in [-0.39, 0.29) is 23.2 Å². The minimum absolute atomic E-state index is 0. The van der Waals surface area contributed by atoms with Gasteiger partial charge in [0.25, 0.3) is 5.91 Å². The number of rotatable bonds is 8. The minimum Gasteiger partial charge on any atom is -0.345 e. The Balaban J connectivity index is 0.00000441. The lowest BCUT2D eigenvalue weighted by molar-refractivity contribution is 0.0827. The number of hydrogen-bond donors (Lipinski definition) is 2. The lowest BCUT2D eigenvalue weighted by Crippen LogP contribution is -2.32. The maximum atomic E-state index is 12.1. The van der Waals surface area contributed by atoms with Crippen molar-refractivity contribution in [1.82, 2.24) is 14.9 Å². The van der Waals surface area contributed by atoms with Gasteiger partial charge in [-0.1, -0.05) is 13.0 Å². The van der Waals surface area contributed by atoms with Gasteiger partial charge in [-0.3, -0.25) is 4.79 Å². The SMILES string of the molecule is CCCNCCNS(=O)(=O)c1cccc(C(=O)N(C)C)c1.Cl. The van der Waals surface area contributed by atoms with E-state index in [1.165, 1.54) is 17.0 Å². The van der Waals surface area contributed by atoms with Crippen LogP contribution in [0, 0.1) is 0 Å². The van der Waals surface area contributed by atoms with E-state index in [9.17, 15) is 13.2 Å². The van der Waals surface area contributed by atoms with E-state index in [0.29, 0.717) is 18.7 Å². The van der Waals surface area contributed by atoms with Crippen LogP contribution in [0.15, 0.2) is 29.2 Å². The van der Waals surface area contributed by atoms with Crippen LogP contribution in [-0.2, 0) is 10.0 Å². The lowest BCUT2D eigenvalue weighted by Gasteiger charge is -2.12. The molecule has 8 heteroatoms. The van der Waals surface area contributed by atoms with Gasteiger partial charge in [0.15, 0.2) is 0 Å². The van der Waals surface area contributed by atoms with E-state index in [1.54, 1.807) is 26.2 Å². The van der Waals surface area contributed by atoms with Gasteiger partial charge in [-0.05, 0) is 31.2 Å². The predicted molar refractivity (Wildman–Crippen MR) is 90.1 cm³/mol. The van der Waals surface area contributed by atoms with Crippen molar-refractivity contribution >= 4 is 28.3 Å². The van der Waals surface area contributed by atoms with Crippen molar-refractivity contribution in [3.8, 4) is 0 Å². The first-order valence-corrected chi connectivity index (χ1v) is 8.39. The summed E-state index contributed by atoms with van der Waals surface area (Å²) in [6, 6.07) is 6.04. The normalized spacial score (nSPS) is 10.9. The summed E-state index contributed by atoms with van der Waals surface area (Å²) < 4.78 is 26.8. The van der Waals surface area contributed by atoms with Gasteiger partial charge in [-0.25, -0.2) is 13.1 Å². The molecule has 0 spiro atoms. The highest BCUT2D eigenvalue weighted by molar-refractivity contribution is 7.89. The molecular formula is C14H24ClN3O3S. The molecule has 0 heterocycles. The van der Waals surface area contributed by atoms with E-state index in [4.69, 9.17) is 0 Å². The number of carbonyl (C=O) groups is 1. The summed E-state index contributed by atoms with van der Waals surface area (Å²) in [5, 5.41) is 3.12. The van der Waals surface area contributed by atoms with Gasteiger partial charge in [0.2, 0.25) is 10.0 Å². The highest BCUT2D eigenvalue weighted by atomic mass is 35.5. The number of nitrogens with zero attached hydrogens (tertiary/aromatic N) is 1. The molecule has 0 aliphatic rings. The zero-order valence-electron chi connectivity index (χ0n) is 13.1. The third-order valence-corrected chi connectivity index (χ3v) is 4.28. The summed E-state index contributed by atoms with van der Waals surface area (Å²) in [6.07, 6.45) is 1.00. The Bertz CT molecular complexity index is 576. The van der Waals surface area contributed by atoms with Crippen LogP contribution in [0.4, 0.5) is 0 Å². The van der Waals surface area contributed by atoms with Crippen LogP contribution in [0.5, 0.6) is 0 Å². The Kier molecular flexibility index (Phi) is 9.27. The van der Waals surface area contributed by atoms with Crippen LogP contribution in [0.2, 0.25) is 0 Å². The predicted octanol–water partition coefficient (Wildman–Crippen LogP) is 1.09. The molecule has 0 fully saturated rings. The van der Waals surface area contributed by atoms with Crippen LogP contribution in [0.1, 0.15) is 23.7 Å². The van der Waals surface area contributed by atoms with E-state index in [1.807, 2.05) is 6.92 Å². The highest BCUT2D eigenvalue weighted by Crippen LogP contribution is 2.12. The third-order valence-electron chi connectivity index (χ3n) is 2.82. The third kappa shape index (κ3) is 6.31. The molecule has 0 aliphatic carbocycles. The standard InChI is InChI=1S/C14H23N3O3S.ClH/c1-4-8-15-9-10-16-21(19,20)13-7-5-6-12(11-13)14(18)17(2)3;/h5-7,11,15-16H,4,8-10H2,1-3H3;1H. The van der Waals surface area contributed by atoms with Gasteiger partial charge in [0.1, 0.15) is 0 Å². The molecular weight excluding hydrogens is 326 g/mol. The first-order valence-electron chi connectivity index (χ1n) is 6.90. The molecule has 1 amide bonds. The maximum Gasteiger partial charge on any atom is 0.253 e. The summed E-state index contributed by atoms with van der Waals surface area (Å²) in [6.45, 7) is 3.79. The molecule has 1 aromatic carbocycles. The molecule has 0 saturated carbocycles. The molecule has 126 valence electrons. The first kappa shape index (κ1) is 20.9. The fraction of sp³-hybridized carbons (Fsp3) is 0.500. The minimum atomic E-state index is -3.59. The Morgan fingerprint density at radius 2 is 1.86 bits per heavy atom. The summed E-state index contributed by atoms with van der Waals surface area (Å²) in [5.41, 5.74) is 0.354. The van der Waals surface area contributed by atoms with E-state index >= 15 is 0 Å². The molecule has 0 unspecified atom stereocenters. The Morgan fingerprint density at radius 3 is 2.45 bits per heavy atom. The van der Waals surface area contributed by atoms with Crippen molar-refractivity contribution in [1.29, 1.82) is 0 Å². The maximum absolute atomic E-state index is 12.1. The average Bonchev–Trinajstić information content (AvgIpc) is 2.46. The summed E-state index contributed by atoms with van der Waals surface area (Å²) in [7, 11) is -0.338. The van der Waals surface area contributed by atoms with Gasteiger partial charge in [0, 0.05) is 32.7 Å². The highest BCUT2D eigenvalue weighted by Gasteiger charge is 2.16. The Hall–Kier alpha value is -1.15. The second kappa shape index (κ2) is 9.78. The molecule has 0 aromatic heterocycles. The van der Waals surface area contributed by atoms with Crippen LogP contribution in [0.25, 0.3) is 0 Å². The second-order valence-electron chi connectivity index (χ2n) is 4.88. The zero-order valence-corrected chi connectivity index (χ0v) is 14.8. The number of amides is 1. The smallest absolute Gasteiger partial charge is 0.253 e. The number of carbonyl (C=O) groups excluding carboxylic acids is 1. The van der Waals surface area contributed by atoms with Crippen molar-refractivity contribution in [2.45, 2.75) is 18.2 Å². The van der Waals surface area contributed by atoms with Gasteiger partial charge >= 0.3 is 0 Å². The van der Waals surface area contributed by atoms with Crippen LogP contribution >= 0.6 is 12.4 Å². The lowest BCUT2D eigenvalue weighted by atomic mass is 10.2. The van der Waals surface area contributed by atoms with Gasteiger partial charge in [-0.2, -0.15) is 0 Å². The second-order valence-corrected chi connectivity index (χ2v) is 6.64. The van der Waals surface area contributed by atoms with E-state index in [2.05, 4.69) is 10.0 Å². The van der Waals surface area contributed by atoms with Gasteiger partial charge in [0.05, 0.1) is 4.90 Å². The topological polar surface area (TPSA) is 78.5 Å². The molecule has 0 saturated heterocycles. The van der Waals surface area contributed by atoms with Crippen molar-refractivity contribution < 1.29 is 13.2 Å². The molecule has 1 rings (SSSR count). The van der Waals surface area contributed by atoms with E-state index < -0.39 is 10.0 Å². The monoisotopic (exact) mass is 349 g/mol. The van der Waals surface area contributed by atoms with Gasteiger partial charge < -0.3 is 10.2 Å². The molecule has 0 atom stereocenters. The fourth-order valence-electron chi connectivity index (χ4n) is 1.71. The molecule has 0 bridgehead atoms. The molecule has 1 aromatic rings. The molecule has 6 nitrogen and oxygen atoms in total. The number of halogens is 1. The van der Waals surface area contributed by atoms with Crippen molar-refractivity contribution in [2.75, 3.05) is 33.7 Å². The van der Waals surface area contributed by atoms with Crippen LogP contribution in [-0.4, -0.2) is 53.0 Å². The fourth-order valence-corrected chi connectivity index (χ4v) is 2.79. The quantitative estimate of drug-likeness (QED) is 0.689. The van der Waals surface area contributed by atoms with Crippen LogP contribution in [0.3, 0.4) is 0 Å². The Morgan fingerprint density at radius 1 is 1.18 bits per heavy atom. The number of nitrogens with one attached hydrogen (secondary N) is 2. The number of sulfonamides is 1. The largest absolute Gasteiger partial charge is 0.345 e. The number of hydrogen-bond acceptors (Lipinski definition) is 4. The first-order chi connectivity index (χ1) is 9.88.